The Balaban J connectivity index is 2.19. The van der Waals surface area contributed by atoms with Gasteiger partial charge in [-0.15, -0.1) is 0 Å². The van der Waals surface area contributed by atoms with Crippen LogP contribution in [0, 0.1) is 11.2 Å². The Morgan fingerprint density at radius 1 is 1.36 bits per heavy atom. The first-order valence-electron chi connectivity index (χ1n) is 5.13. The molecule has 1 aromatic carbocycles. The lowest BCUT2D eigenvalue weighted by molar-refractivity contribution is 0.434. The van der Waals surface area contributed by atoms with Crippen LogP contribution in [0.5, 0.6) is 0 Å². The minimum atomic E-state index is -0.168. The molecule has 0 radical (unpaired) electrons. The van der Waals surface area contributed by atoms with Crippen LogP contribution in [0.25, 0.3) is 0 Å². The zero-order valence-electron chi connectivity index (χ0n) is 8.46. The molecule has 1 unspecified atom stereocenters. The summed E-state index contributed by atoms with van der Waals surface area (Å²) >= 11 is 0. The second-order valence-corrected chi connectivity index (χ2v) is 4.34. The van der Waals surface area contributed by atoms with Crippen molar-refractivity contribution in [2.45, 2.75) is 25.7 Å². The molecule has 1 aliphatic rings. The van der Waals surface area contributed by atoms with E-state index in [9.17, 15) is 4.39 Å². The van der Waals surface area contributed by atoms with E-state index >= 15 is 0 Å². The monoisotopic (exact) mass is 193 g/mol. The number of rotatable bonds is 3. The lowest BCUT2D eigenvalue weighted by Gasteiger charge is -2.21. The first kappa shape index (κ1) is 9.66. The van der Waals surface area contributed by atoms with E-state index in [1.165, 1.54) is 30.5 Å². The highest BCUT2D eigenvalue weighted by Gasteiger charge is 2.46. The van der Waals surface area contributed by atoms with Crippen LogP contribution in [-0.4, -0.2) is 6.54 Å². The Morgan fingerprint density at radius 3 is 2.36 bits per heavy atom. The van der Waals surface area contributed by atoms with Crippen LogP contribution in [-0.2, 0) is 0 Å². The zero-order valence-corrected chi connectivity index (χ0v) is 8.46. The first-order chi connectivity index (χ1) is 6.68. The molecule has 0 spiro atoms. The molecule has 0 aromatic heterocycles. The Labute approximate surface area is 84.1 Å². The van der Waals surface area contributed by atoms with Gasteiger partial charge in [-0.25, -0.2) is 4.39 Å². The van der Waals surface area contributed by atoms with Crippen molar-refractivity contribution in [1.29, 1.82) is 0 Å². The fourth-order valence-electron chi connectivity index (χ4n) is 2.08. The molecule has 14 heavy (non-hydrogen) atoms. The molecule has 1 nitrogen and oxygen atoms in total. The molecule has 0 bridgehead atoms. The number of hydrogen-bond donors (Lipinski definition) is 1. The van der Waals surface area contributed by atoms with Gasteiger partial charge in [-0.05, 0) is 48.4 Å². The number of benzene rings is 1. The molecule has 1 fully saturated rings. The SMILES string of the molecule is CC(c1ccc(F)cc1)C1(CN)CC1. The normalized spacial score (nSPS) is 20.5. The summed E-state index contributed by atoms with van der Waals surface area (Å²) < 4.78 is 12.7. The third kappa shape index (κ3) is 1.55. The van der Waals surface area contributed by atoms with Crippen LogP contribution in [0.3, 0.4) is 0 Å². The highest BCUT2D eigenvalue weighted by atomic mass is 19.1. The van der Waals surface area contributed by atoms with Gasteiger partial charge in [-0.3, -0.25) is 0 Å². The standard InChI is InChI=1S/C12H16FN/c1-9(12(8-14)6-7-12)10-2-4-11(13)5-3-10/h2-5,9H,6-8,14H2,1H3. The van der Waals surface area contributed by atoms with Gasteiger partial charge in [-0.1, -0.05) is 19.1 Å². The Hall–Kier alpha value is -0.890. The third-order valence-corrected chi connectivity index (χ3v) is 3.59. The molecule has 1 aliphatic carbocycles. The van der Waals surface area contributed by atoms with Crippen LogP contribution >= 0.6 is 0 Å². The molecular formula is C12H16FN. The zero-order chi connectivity index (χ0) is 10.2. The van der Waals surface area contributed by atoms with Gasteiger partial charge in [-0.2, -0.15) is 0 Å². The largest absolute Gasteiger partial charge is 0.330 e. The minimum Gasteiger partial charge on any atom is -0.330 e. The van der Waals surface area contributed by atoms with Crippen molar-refractivity contribution < 1.29 is 4.39 Å². The molecule has 1 aromatic rings. The smallest absolute Gasteiger partial charge is 0.123 e. The van der Waals surface area contributed by atoms with Gasteiger partial charge in [0.1, 0.15) is 5.82 Å². The molecule has 2 rings (SSSR count). The van der Waals surface area contributed by atoms with E-state index in [2.05, 4.69) is 6.92 Å². The average Bonchev–Trinajstić information content (AvgIpc) is 2.99. The quantitative estimate of drug-likeness (QED) is 0.784. The van der Waals surface area contributed by atoms with E-state index in [4.69, 9.17) is 5.73 Å². The molecule has 0 saturated heterocycles. The van der Waals surface area contributed by atoms with Crippen LogP contribution in [0.15, 0.2) is 24.3 Å². The maximum absolute atomic E-state index is 12.7. The lowest BCUT2D eigenvalue weighted by Crippen LogP contribution is -2.21. The van der Waals surface area contributed by atoms with Gasteiger partial charge in [0.25, 0.3) is 0 Å². The van der Waals surface area contributed by atoms with E-state index in [0.717, 1.165) is 6.54 Å². The predicted molar refractivity (Wildman–Crippen MR) is 55.5 cm³/mol. The van der Waals surface area contributed by atoms with Crippen molar-refractivity contribution >= 4 is 0 Å². The van der Waals surface area contributed by atoms with Gasteiger partial charge < -0.3 is 5.73 Å². The van der Waals surface area contributed by atoms with E-state index in [1.807, 2.05) is 12.1 Å². The van der Waals surface area contributed by atoms with Crippen molar-refractivity contribution in [3.05, 3.63) is 35.6 Å². The molecule has 1 saturated carbocycles. The second-order valence-electron chi connectivity index (χ2n) is 4.34. The topological polar surface area (TPSA) is 26.0 Å². The van der Waals surface area contributed by atoms with Gasteiger partial charge in [0, 0.05) is 0 Å². The van der Waals surface area contributed by atoms with Gasteiger partial charge in [0.15, 0.2) is 0 Å². The van der Waals surface area contributed by atoms with Crippen molar-refractivity contribution in [2.24, 2.45) is 11.1 Å². The van der Waals surface area contributed by atoms with Crippen LogP contribution < -0.4 is 5.73 Å². The van der Waals surface area contributed by atoms with Crippen molar-refractivity contribution in [1.82, 2.24) is 0 Å². The van der Waals surface area contributed by atoms with Gasteiger partial charge in [0.2, 0.25) is 0 Å². The molecule has 2 heteroatoms. The minimum absolute atomic E-state index is 0.168. The van der Waals surface area contributed by atoms with Crippen molar-refractivity contribution in [3.8, 4) is 0 Å². The third-order valence-electron chi connectivity index (χ3n) is 3.59. The van der Waals surface area contributed by atoms with Gasteiger partial charge in [0.05, 0.1) is 0 Å². The van der Waals surface area contributed by atoms with Crippen LogP contribution in [0.2, 0.25) is 0 Å². The Morgan fingerprint density at radius 2 is 1.93 bits per heavy atom. The number of hydrogen-bond acceptors (Lipinski definition) is 1. The number of halogens is 1. The highest BCUT2D eigenvalue weighted by molar-refractivity contribution is 5.24. The maximum atomic E-state index is 12.7. The van der Waals surface area contributed by atoms with E-state index in [0.29, 0.717) is 11.3 Å². The summed E-state index contributed by atoms with van der Waals surface area (Å²) in [6, 6.07) is 6.79. The van der Waals surface area contributed by atoms with Crippen LogP contribution in [0.1, 0.15) is 31.2 Å². The summed E-state index contributed by atoms with van der Waals surface area (Å²) in [6.07, 6.45) is 2.42. The molecule has 0 amide bonds. The number of nitrogens with two attached hydrogens (primary N) is 1. The van der Waals surface area contributed by atoms with Gasteiger partial charge >= 0.3 is 0 Å². The summed E-state index contributed by atoms with van der Waals surface area (Å²) in [7, 11) is 0. The molecule has 0 heterocycles. The average molecular weight is 193 g/mol. The summed E-state index contributed by atoms with van der Waals surface area (Å²) in [5, 5.41) is 0. The summed E-state index contributed by atoms with van der Waals surface area (Å²) in [5.41, 5.74) is 7.27. The van der Waals surface area contributed by atoms with E-state index in [1.54, 1.807) is 0 Å². The summed E-state index contributed by atoms with van der Waals surface area (Å²) in [5.74, 6) is 0.284. The van der Waals surface area contributed by atoms with E-state index in [-0.39, 0.29) is 5.82 Å². The molecule has 0 aliphatic heterocycles. The van der Waals surface area contributed by atoms with Crippen molar-refractivity contribution in [3.63, 3.8) is 0 Å². The molecule has 1 atom stereocenters. The second kappa shape index (κ2) is 3.35. The molecule has 76 valence electrons. The Bertz CT molecular complexity index is 314. The fraction of sp³-hybridized carbons (Fsp3) is 0.500. The molecule has 2 N–H and O–H groups in total. The lowest BCUT2D eigenvalue weighted by atomic mass is 9.85. The summed E-state index contributed by atoms with van der Waals surface area (Å²) in [6.45, 7) is 2.93. The fourth-order valence-corrected chi connectivity index (χ4v) is 2.08. The summed E-state index contributed by atoms with van der Waals surface area (Å²) in [4.78, 5) is 0. The predicted octanol–water partition coefficient (Wildman–Crippen LogP) is 2.67. The first-order valence-corrected chi connectivity index (χ1v) is 5.13. The Kier molecular flexibility index (Phi) is 2.31. The molecular weight excluding hydrogens is 177 g/mol. The highest BCUT2D eigenvalue weighted by Crippen LogP contribution is 2.54. The van der Waals surface area contributed by atoms with Crippen molar-refractivity contribution in [2.75, 3.05) is 6.54 Å². The maximum Gasteiger partial charge on any atom is 0.123 e. The van der Waals surface area contributed by atoms with E-state index < -0.39 is 0 Å². The van der Waals surface area contributed by atoms with Crippen LogP contribution in [0.4, 0.5) is 4.39 Å².